The second kappa shape index (κ2) is 8.03. The SMILES string of the molecule is COC(c1cccc(O)c1)(c1ccc2c(c1)c(-c1cccnc1)cc(=O)n2C)c1cnc[nH]1. The fourth-order valence-corrected chi connectivity index (χ4v) is 4.44. The number of phenolic OH excluding ortho intramolecular Hbond substituents is 1. The van der Waals surface area contributed by atoms with Gasteiger partial charge in [0, 0.05) is 43.6 Å². The van der Waals surface area contributed by atoms with Crippen molar-refractivity contribution in [3.63, 3.8) is 0 Å². The van der Waals surface area contributed by atoms with Crippen molar-refractivity contribution >= 4 is 10.9 Å². The van der Waals surface area contributed by atoms with E-state index in [9.17, 15) is 9.90 Å². The van der Waals surface area contributed by atoms with Gasteiger partial charge in [-0.25, -0.2) is 4.98 Å². The van der Waals surface area contributed by atoms with Gasteiger partial charge in [-0.05, 0) is 47.0 Å². The average molecular weight is 438 g/mol. The number of H-pyrrole nitrogens is 1. The van der Waals surface area contributed by atoms with E-state index in [2.05, 4.69) is 15.0 Å². The zero-order valence-electron chi connectivity index (χ0n) is 18.2. The second-order valence-corrected chi connectivity index (χ2v) is 7.83. The van der Waals surface area contributed by atoms with Crippen LogP contribution in [-0.2, 0) is 17.4 Å². The molecule has 5 rings (SSSR count). The Morgan fingerprint density at radius 2 is 1.85 bits per heavy atom. The number of phenols is 1. The first-order chi connectivity index (χ1) is 16.0. The molecule has 0 aliphatic heterocycles. The maximum absolute atomic E-state index is 12.7. The molecule has 164 valence electrons. The molecule has 7 heteroatoms. The molecule has 5 aromatic rings. The van der Waals surface area contributed by atoms with E-state index >= 15 is 0 Å². The fraction of sp³-hybridized carbons (Fsp3) is 0.115. The number of methoxy groups -OCH3 is 1. The number of aromatic amines is 1. The zero-order valence-corrected chi connectivity index (χ0v) is 18.2. The van der Waals surface area contributed by atoms with E-state index in [1.54, 1.807) is 67.9 Å². The number of hydrogen-bond donors (Lipinski definition) is 2. The Hall–Kier alpha value is -4.23. The molecule has 0 spiro atoms. The van der Waals surface area contributed by atoms with E-state index in [0.717, 1.165) is 33.2 Å². The number of fused-ring (bicyclic) bond motifs is 1. The van der Waals surface area contributed by atoms with E-state index in [4.69, 9.17) is 4.74 Å². The highest BCUT2D eigenvalue weighted by molar-refractivity contribution is 5.95. The van der Waals surface area contributed by atoms with E-state index in [-0.39, 0.29) is 11.3 Å². The first kappa shape index (κ1) is 20.7. The highest BCUT2D eigenvalue weighted by atomic mass is 16.5. The van der Waals surface area contributed by atoms with Gasteiger partial charge in [-0.1, -0.05) is 24.3 Å². The summed E-state index contributed by atoms with van der Waals surface area (Å²) in [6.07, 6.45) is 6.75. The lowest BCUT2D eigenvalue weighted by Crippen LogP contribution is -2.32. The van der Waals surface area contributed by atoms with Crippen LogP contribution in [-0.4, -0.2) is 31.7 Å². The number of aryl methyl sites for hydroxylation is 1. The molecule has 0 radical (unpaired) electrons. The van der Waals surface area contributed by atoms with Crippen LogP contribution in [0.1, 0.15) is 16.8 Å². The number of hydrogen-bond acceptors (Lipinski definition) is 5. The lowest BCUT2D eigenvalue weighted by atomic mass is 9.82. The minimum absolute atomic E-state index is 0.103. The molecule has 0 bridgehead atoms. The number of ether oxygens (including phenoxy) is 1. The predicted octanol–water partition coefficient (Wildman–Crippen LogP) is 3.97. The lowest BCUT2D eigenvalue weighted by molar-refractivity contribution is 0.0551. The molecule has 2 aromatic carbocycles. The number of aromatic hydroxyl groups is 1. The molecule has 3 aromatic heterocycles. The normalized spacial score (nSPS) is 13.2. The van der Waals surface area contributed by atoms with Crippen LogP contribution in [0, 0.1) is 0 Å². The third kappa shape index (κ3) is 3.30. The first-order valence-electron chi connectivity index (χ1n) is 10.4. The fourth-order valence-electron chi connectivity index (χ4n) is 4.44. The molecule has 1 atom stereocenters. The summed E-state index contributed by atoms with van der Waals surface area (Å²) < 4.78 is 7.82. The highest BCUT2D eigenvalue weighted by Crippen LogP contribution is 2.41. The molecule has 0 saturated carbocycles. The van der Waals surface area contributed by atoms with Crippen molar-refractivity contribution in [3.8, 4) is 16.9 Å². The van der Waals surface area contributed by atoms with Crippen molar-refractivity contribution in [1.29, 1.82) is 0 Å². The minimum atomic E-state index is -1.07. The van der Waals surface area contributed by atoms with E-state index in [1.807, 2.05) is 36.4 Å². The first-order valence-corrected chi connectivity index (χ1v) is 10.4. The molecule has 0 fully saturated rings. The van der Waals surface area contributed by atoms with Gasteiger partial charge in [0.1, 0.15) is 5.75 Å². The van der Waals surface area contributed by atoms with Gasteiger partial charge in [0.2, 0.25) is 0 Å². The molecular weight excluding hydrogens is 416 g/mol. The Morgan fingerprint density at radius 3 is 2.55 bits per heavy atom. The van der Waals surface area contributed by atoms with Crippen molar-refractivity contribution < 1.29 is 9.84 Å². The Labute approximate surface area is 190 Å². The molecule has 0 aliphatic carbocycles. The van der Waals surface area contributed by atoms with E-state index < -0.39 is 5.60 Å². The molecule has 0 amide bonds. The topological polar surface area (TPSA) is 93.0 Å². The number of pyridine rings is 2. The largest absolute Gasteiger partial charge is 0.508 e. The molecule has 0 aliphatic rings. The van der Waals surface area contributed by atoms with Gasteiger partial charge in [-0.2, -0.15) is 0 Å². The van der Waals surface area contributed by atoms with Gasteiger partial charge in [0.15, 0.2) is 5.60 Å². The summed E-state index contributed by atoms with van der Waals surface area (Å²) in [6, 6.07) is 18.2. The summed E-state index contributed by atoms with van der Waals surface area (Å²) in [5.74, 6) is 0.132. The van der Waals surface area contributed by atoms with Gasteiger partial charge in [0.25, 0.3) is 5.56 Å². The summed E-state index contributed by atoms with van der Waals surface area (Å²) in [5.41, 5.74) is 3.52. The van der Waals surface area contributed by atoms with Crippen LogP contribution in [0.4, 0.5) is 0 Å². The summed E-state index contributed by atoms with van der Waals surface area (Å²) >= 11 is 0. The van der Waals surface area contributed by atoms with Crippen molar-refractivity contribution in [2.24, 2.45) is 7.05 Å². The Bertz CT molecular complexity index is 1490. The van der Waals surface area contributed by atoms with Crippen LogP contribution in [0.3, 0.4) is 0 Å². The second-order valence-electron chi connectivity index (χ2n) is 7.83. The third-order valence-electron chi connectivity index (χ3n) is 6.06. The van der Waals surface area contributed by atoms with Gasteiger partial charge < -0.3 is 19.4 Å². The number of nitrogens with zero attached hydrogens (tertiary/aromatic N) is 3. The van der Waals surface area contributed by atoms with Crippen molar-refractivity contribution in [2.75, 3.05) is 7.11 Å². The molecule has 1 unspecified atom stereocenters. The quantitative estimate of drug-likeness (QED) is 0.433. The summed E-state index contributed by atoms with van der Waals surface area (Å²) in [5, 5.41) is 11.1. The van der Waals surface area contributed by atoms with Crippen LogP contribution >= 0.6 is 0 Å². The van der Waals surface area contributed by atoms with E-state index in [1.165, 1.54) is 0 Å². The highest BCUT2D eigenvalue weighted by Gasteiger charge is 2.38. The molecule has 7 nitrogen and oxygen atoms in total. The number of imidazole rings is 1. The minimum Gasteiger partial charge on any atom is -0.508 e. The Morgan fingerprint density at radius 1 is 1.00 bits per heavy atom. The van der Waals surface area contributed by atoms with Crippen LogP contribution in [0.15, 0.2) is 90.4 Å². The van der Waals surface area contributed by atoms with Crippen LogP contribution < -0.4 is 5.56 Å². The third-order valence-corrected chi connectivity index (χ3v) is 6.06. The molecule has 0 saturated heterocycles. The Kier molecular flexibility index (Phi) is 5.03. The zero-order chi connectivity index (χ0) is 23.0. The monoisotopic (exact) mass is 438 g/mol. The molecule has 33 heavy (non-hydrogen) atoms. The number of rotatable bonds is 5. The van der Waals surface area contributed by atoms with Crippen molar-refractivity contribution in [2.45, 2.75) is 5.60 Å². The smallest absolute Gasteiger partial charge is 0.251 e. The van der Waals surface area contributed by atoms with Crippen LogP contribution in [0.2, 0.25) is 0 Å². The van der Waals surface area contributed by atoms with Gasteiger partial charge in [0.05, 0.1) is 23.7 Å². The van der Waals surface area contributed by atoms with Gasteiger partial charge in [-0.3, -0.25) is 9.78 Å². The van der Waals surface area contributed by atoms with Crippen LogP contribution in [0.25, 0.3) is 22.0 Å². The molecule has 3 heterocycles. The summed E-state index contributed by atoms with van der Waals surface area (Å²) in [4.78, 5) is 24.3. The average Bonchev–Trinajstić information content (AvgIpc) is 3.38. The maximum Gasteiger partial charge on any atom is 0.251 e. The molecule has 2 N–H and O–H groups in total. The summed E-state index contributed by atoms with van der Waals surface area (Å²) in [7, 11) is 3.38. The van der Waals surface area contributed by atoms with Crippen molar-refractivity contribution in [3.05, 3.63) is 113 Å². The lowest BCUT2D eigenvalue weighted by Gasteiger charge is -2.33. The van der Waals surface area contributed by atoms with E-state index in [0.29, 0.717) is 5.69 Å². The number of benzene rings is 2. The van der Waals surface area contributed by atoms with Crippen molar-refractivity contribution in [1.82, 2.24) is 19.5 Å². The van der Waals surface area contributed by atoms with Gasteiger partial charge in [-0.15, -0.1) is 0 Å². The number of aromatic nitrogens is 4. The summed E-state index contributed by atoms with van der Waals surface area (Å²) in [6.45, 7) is 0. The Balaban J connectivity index is 1.86. The number of nitrogens with one attached hydrogen (secondary N) is 1. The maximum atomic E-state index is 12.7. The van der Waals surface area contributed by atoms with Gasteiger partial charge >= 0.3 is 0 Å². The van der Waals surface area contributed by atoms with Crippen LogP contribution in [0.5, 0.6) is 5.75 Å². The molecular formula is C26H22N4O3. The standard InChI is InChI=1S/C26H22N4O3/c1-30-23-9-8-19(12-22(23)21(13-25(30)32)17-5-4-10-27-14-17)26(33-2,24-15-28-16-29-24)18-6-3-7-20(31)11-18/h3-16,31H,1-2H3,(H,28,29). The predicted molar refractivity (Wildman–Crippen MR) is 126 cm³/mol.